The number of hydrogen-bond acceptors (Lipinski definition) is 4. The van der Waals surface area contributed by atoms with Gasteiger partial charge < -0.3 is 19.1 Å². The number of fused-ring (bicyclic) bond motifs is 2. The van der Waals surface area contributed by atoms with E-state index in [0.29, 0.717) is 6.61 Å². The van der Waals surface area contributed by atoms with E-state index in [1.807, 2.05) is 19.1 Å². The van der Waals surface area contributed by atoms with Crippen LogP contribution in [0.25, 0.3) is 10.8 Å². The topological polar surface area (TPSA) is 30.9 Å². The molecule has 29 heavy (non-hydrogen) atoms. The molecule has 0 fully saturated rings. The summed E-state index contributed by atoms with van der Waals surface area (Å²) in [5.41, 5.74) is 2.47. The van der Waals surface area contributed by atoms with Crippen LogP contribution in [0.3, 0.4) is 0 Å². The molecule has 1 unspecified atom stereocenters. The minimum Gasteiger partial charge on any atom is -0.492 e. The van der Waals surface area contributed by atoms with Gasteiger partial charge in [-0.1, -0.05) is 36.4 Å². The molecular weight excluding hydrogens is 362 g/mol. The zero-order chi connectivity index (χ0) is 20.1. The van der Waals surface area contributed by atoms with Gasteiger partial charge in [-0.2, -0.15) is 0 Å². The standard InChI is InChI=1S/C25H29NO3/c1-3-27-19(2)17-20-7-6-8-21-18-22(11-12-23(20)21)28-15-13-26-14-16-29-25-10-5-4-9-24(25)26/h4-12,18-19H,3,13-17H2,1-2H3. The van der Waals surface area contributed by atoms with Gasteiger partial charge in [0.2, 0.25) is 0 Å². The monoisotopic (exact) mass is 391 g/mol. The molecule has 0 saturated heterocycles. The second-order valence-corrected chi connectivity index (χ2v) is 7.42. The first-order chi connectivity index (χ1) is 14.2. The minimum atomic E-state index is 0.220. The molecule has 1 heterocycles. The number of para-hydroxylation sites is 2. The molecule has 4 nitrogen and oxygen atoms in total. The molecular formula is C25H29NO3. The van der Waals surface area contributed by atoms with Gasteiger partial charge in [-0.3, -0.25) is 0 Å². The predicted octanol–water partition coefficient (Wildman–Crippen LogP) is 5.09. The van der Waals surface area contributed by atoms with E-state index in [9.17, 15) is 0 Å². The highest BCUT2D eigenvalue weighted by molar-refractivity contribution is 5.87. The quantitative estimate of drug-likeness (QED) is 0.535. The fraction of sp³-hybridized carbons (Fsp3) is 0.360. The van der Waals surface area contributed by atoms with Crippen molar-refractivity contribution < 1.29 is 14.2 Å². The van der Waals surface area contributed by atoms with Crippen molar-refractivity contribution in [2.75, 3.05) is 37.8 Å². The zero-order valence-corrected chi connectivity index (χ0v) is 17.3. The summed E-state index contributed by atoms with van der Waals surface area (Å²) in [5, 5.41) is 2.48. The van der Waals surface area contributed by atoms with Gasteiger partial charge in [0, 0.05) is 6.61 Å². The molecule has 0 amide bonds. The number of nitrogens with zero attached hydrogens (tertiary/aromatic N) is 1. The average Bonchev–Trinajstić information content (AvgIpc) is 2.74. The van der Waals surface area contributed by atoms with Crippen molar-refractivity contribution in [1.82, 2.24) is 0 Å². The maximum atomic E-state index is 6.08. The molecule has 0 saturated carbocycles. The molecule has 3 aromatic carbocycles. The highest BCUT2D eigenvalue weighted by Gasteiger charge is 2.17. The summed E-state index contributed by atoms with van der Waals surface area (Å²) in [7, 11) is 0. The highest BCUT2D eigenvalue weighted by Crippen LogP contribution is 2.31. The molecule has 0 bridgehead atoms. The Morgan fingerprint density at radius 2 is 1.97 bits per heavy atom. The molecule has 0 radical (unpaired) electrons. The predicted molar refractivity (Wildman–Crippen MR) is 118 cm³/mol. The molecule has 0 aliphatic carbocycles. The van der Waals surface area contributed by atoms with Crippen LogP contribution in [0.2, 0.25) is 0 Å². The SMILES string of the molecule is CCOC(C)Cc1cccc2cc(OCCN3CCOc4ccccc43)ccc12. The van der Waals surface area contributed by atoms with Crippen LogP contribution in [0.1, 0.15) is 19.4 Å². The molecule has 0 spiro atoms. The first-order valence-corrected chi connectivity index (χ1v) is 10.5. The third-order valence-electron chi connectivity index (χ3n) is 5.36. The summed E-state index contributed by atoms with van der Waals surface area (Å²) in [6.07, 6.45) is 1.14. The Kier molecular flexibility index (Phi) is 6.20. The Balaban J connectivity index is 1.41. The average molecular weight is 392 g/mol. The first kappa shape index (κ1) is 19.6. The van der Waals surface area contributed by atoms with Crippen molar-refractivity contribution in [3.63, 3.8) is 0 Å². The smallest absolute Gasteiger partial charge is 0.142 e. The summed E-state index contributed by atoms with van der Waals surface area (Å²) in [6, 6.07) is 21.0. The van der Waals surface area contributed by atoms with E-state index >= 15 is 0 Å². The molecule has 4 rings (SSSR count). The molecule has 1 aliphatic heterocycles. The fourth-order valence-electron chi connectivity index (χ4n) is 3.98. The van der Waals surface area contributed by atoms with Gasteiger partial charge in [0.15, 0.2) is 0 Å². The molecule has 1 aliphatic rings. The van der Waals surface area contributed by atoms with Crippen LogP contribution in [-0.2, 0) is 11.2 Å². The minimum absolute atomic E-state index is 0.220. The van der Waals surface area contributed by atoms with Crippen molar-refractivity contribution in [2.45, 2.75) is 26.4 Å². The molecule has 152 valence electrons. The van der Waals surface area contributed by atoms with E-state index in [0.717, 1.165) is 49.9 Å². The van der Waals surface area contributed by atoms with Crippen LogP contribution >= 0.6 is 0 Å². The van der Waals surface area contributed by atoms with E-state index in [1.54, 1.807) is 0 Å². The van der Waals surface area contributed by atoms with Gasteiger partial charge in [0.05, 0.1) is 24.9 Å². The van der Waals surface area contributed by atoms with Gasteiger partial charge >= 0.3 is 0 Å². The van der Waals surface area contributed by atoms with Crippen LogP contribution in [0.5, 0.6) is 11.5 Å². The Bertz CT molecular complexity index is 956. The summed E-state index contributed by atoms with van der Waals surface area (Å²) >= 11 is 0. The van der Waals surface area contributed by atoms with Crippen LogP contribution in [0, 0.1) is 0 Å². The maximum absolute atomic E-state index is 6.08. The fourth-order valence-corrected chi connectivity index (χ4v) is 3.98. The molecule has 3 aromatic rings. The lowest BCUT2D eigenvalue weighted by molar-refractivity contribution is 0.0770. The highest BCUT2D eigenvalue weighted by atomic mass is 16.5. The Labute approximate surface area is 173 Å². The van der Waals surface area contributed by atoms with Crippen LogP contribution in [-0.4, -0.2) is 39.0 Å². The van der Waals surface area contributed by atoms with Gasteiger partial charge in [0.1, 0.15) is 24.7 Å². The normalized spacial score (nSPS) is 14.3. The van der Waals surface area contributed by atoms with Crippen LogP contribution in [0.15, 0.2) is 60.7 Å². The Morgan fingerprint density at radius 1 is 1.07 bits per heavy atom. The van der Waals surface area contributed by atoms with Crippen molar-refractivity contribution in [3.05, 3.63) is 66.2 Å². The van der Waals surface area contributed by atoms with Crippen LogP contribution < -0.4 is 14.4 Å². The van der Waals surface area contributed by atoms with Crippen molar-refractivity contribution >= 4 is 16.5 Å². The van der Waals surface area contributed by atoms with Crippen molar-refractivity contribution in [1.29, 1.82) is 0 Å². The lowest BCUT2D eigenvalue weighted by Gasteiger charge is -2.31. The van der Waals surface area contributed by atoms with Gasteiger partial charge in [-0.25, -0.2) is 0 Å². The molecule has 4 heteroatoms. The van der Waals surface area contributed by atoms with Gasteiger partial charge in [-0.15, -0.1) is 0 Å². The summed E-state index contributed by atoms with van der Waals surface area (Å²) in [4.78, 5) is 2.33. The summed E-state index contributed by atoms with van der Waals surface area (Å²) < 4.78 is 17.5. The Hall–Kier alpha value is -2.72. The maximum Gasteiger partial charge on any atom is 0.142 e. The lowest BCUT2D eigenvalue weighted by Crippen LogP contribution is -2.35. The second kappa shape index (κ2) is 9.19. The van der Waals surface area contributed by atoms with E-state index in [-0.39, 0.29) is 6.10 Å². The number of anilines is 1. The molecule has 0 aromatic heterocycles. The van der Waals surface area contributed by atoms with E-state index < -0.39 is 0 Å². The summed E-state index contributed by atoms with van der Waals surface area (Å²) in [6.45, 7) is 8.00. The van der Waals surface area contributed by atoms with Crippen molar-refractivity contribution in [3.8, 4) is 11.5 Å². The largest absolute Gasteiger partial charge is 0.492 e. The van der Waals surface area contributed by atoms with E-state index in [2.05, 4.69) is 60.4 Å². The zero-order valence-electron chi connectivity index (χ0n) is 17.3. The number of benzene rings is 3. The number of rotatable bonds is 8. The third kappa shape index (κ3) is 4.65. The first-order valence-electron chi connectivity index (χ1n) is 10.5. The Morgan fingerprint density at radius 3 is 2.86 bits per heavy atom. The van der Waals surface area contributed by atoms with E-state index in [4.69, 9.17) is 14.2 Å². The number of ether oxygens (including phenoxy) is 3. The molecule has 0 N–H and O–H groups in total. The number of hydrogen-bond donors (Lipinski definition) is 0. The second-order valence-electron chi connectivity index (χ2n) is 7.42. The summed E-state index contributed by atoms with van der Waals surface area (Å²) in [5.74, 6) is 1.87. The van der Waals surface area contributed by atoms with Gasteiger partial charge in [0.25, 0.3) is 0 Å². The third-order valence-corrected chi connectivity index (χ3v) is 5.36. The molecule has 1 atom stereocenters. The van der Waals surface area contributed by atoms with Crippen molar-refractivity contribution in [2.24, 2.45) is 0 Å². The van der Waals surface area contributed by atoms with Gasteiger partial charge in [-0.05, 0) is 60.9 Å². The lowest BCUT2D eigenvalue weighted by atomic mass is 10.00. The van der Waals surface area contributed by atoms with Crippen LogP contribution in [0.4, 0.5) is 5.69 Å². The van der Waals surface area contributed by atoms with E-state index in [1.165, 1.54) is 16.3 Å².